The highest BCUT2D eigenvalue weighted by molar-refractivity contribution is 14.0. The fourth-order valence-corrected chi connectivity index (χ4v) is 3.21. The minimum absolute atomic E-state index is 0. The maximum absolute atomic E-state index is 12.5. The summed E-state index contributed by atoms with van der Waals surface area (Å²) in [6.07, 6.45) is 1.84. The van der Waals surface area contributed by atoms with Crippen LogP contribution < -0.4 is 10.6 Å². The van der Waals surface area contributed by atoms with Gasteiger partial charge in [0.15, 0.2) is 5.96 Å². The minimum Gasteiger partial charge on any atom is -0.352 e. The highest BCUT2D eigenvalue weighted by atomic mass is 127. The number of pyridine rings is 1. The Labute approximate surface area is 184 Å². The van der Waals surface area contributed by atoms with Gasteiger partial charge in [-0.05, 0) is 25.0 Å². The third kappa shape index (κ3) is 6.84. The molecule has 0 radical (unpaired) electrons. The van der Waals surface area contributed by atoms with Crippen LogP contribution in [0.2, 0.25) is 0 Å². The average Bonchev–Trinajstić information content (AvgIpc) is 3.26. The number of imidazole rings is 1. The number of aryl methyl sites for hydroxylation is 1. The zero-order chi connectivity index (χ0) is 20.1. The predicted molar refractivity (Wildman–Crippen MR) is 116 cm³/mol. The van der Waals surface area contributed by atoms with E-state index in [0.29, 0.717) is 32.0 Å². The lowest BCUT2D eigenvalue weighted by Crippen LogP contribution is -2.44. The molecule has 1 saturated heterocycles. The lowest BCUT2D eigenvalue weighted by molar-refractivity contribution is -0.143. The van der Waals surface area contributed by atoms with Crippen LogP contribution in [0.3, 0.4) is 0 Å². The first kappa shape index (κ1) is 23.4. The van der Waals surface area contributed by atoms with Gasteiger partial charge in [0.2, 0.25) is 0 Å². The standard InChI is InChI=1S/C18H24F3N7.HI/c1-13-23-6-8-28(13)16-4-3-14(9-24-16)10-25-17(22-2)26-15-5-7-27(11-15)12-18(19,20)21;/h3-4,6,8-9,15H,5,7,10-12H2,1-2H3,(H2,22,25,26);1H. The monoisotopic (exact) mass is 523 g/mol. The van der Waals surface area contributed by atoms with Crippen molar-refractivity contribution in [3.8, 4) is 5.82 Å². The Morgan fingerprint density at radius 1 is 1.31 bits per heavy atom. The molecule has 2 aromatic heterocycles. The summed E-state index contributed by atoms with van der Waals surface area (Å²) in [5.41, 5.74) is 0.967. The average molecular weight is 523 g/mol. The second-order valence-electron chi connectivity index (χ2n) is 6.78. The van der Waals surface area contributed by atoms with Crippen LogP contribution in [0.1, 0.15) is 17.8 Å². The number of halogens is 4. The zero-order valence-electron chi connectivity index (χ0n) is 16.3. The van der Waals surface area contributed by atoms with Crippen molar-refractivity contribution in [1.82, 2.24) is 30.1 Å². The maximum atomic E-state index is 12.5. The molecule has 1 aliphatic rings. The Bertz CT molecular complexity index is 805. The zero-order valence-corrected chi connectivity index (χ0v) is 18.6. The molecule has 3 rings (SSSR count). The molecule has 3 heterocycles. The van der Waals surface area contributed by atoms with Crippen molar-refractivity contribution in [3.05, 3.63) is 42.1 Å². The van der Waals surface area contributed by atoms with Gasteiger partial charge < -0.3 is 10.6 Å². The fraction of sp³-hybridized carbons (Fsp3) is 0.500. The molecule has 7 nitrogen and oxygen atoms in total. The van der Waals surface area contributed by atoms with E-state index in [9.17, 15) is 13.2 Å². The maximum Gasteiger partial charge on any atom is 0.401 e. The number of alkyl halides is 3. The van der Waals surface area contributed by atoms with Crippen LogP contribution in [0.15, 0.2) is 35.7 Å². The molecule has 0 saturated carbocycles. The van der Waals surface area contributed by atoms with Crippen molar-refractivity contribution in [2.24, 2.45) is 4.99 Å². The van der Waals surface area contributed by atoms with Crippen molar-refractivity contribution in [1.29, 1.82) is 0 Å². The lowest BCUT2D eigenvalue weighted by Gasteiger charge is -2.19. The highest BCUT2D eigenvalue weighted by Crippen LogP contribution is 2.19. The summed E-state index contributed by atoms with van der Waals surface area (Å²) in [5.74, 6) is 2.21. The molecular formula is C18H25F3IN7. The number of guanidine groups is 1. The quantitative estimate of drug-likeness (QED) is 0.358. The normalized spacial score (nSPS) is 17.8. The smallest absolute Gasteiger partial charge is 0.352 e. The fourth-order valence-electron chi connectivity index (χ4n) is 3.21. The largest absolute Gasteiger partial charge is 0.401 e. The van der Waals surface area contributed by atoms with Gasteiger partial charge in [-0.25, -0.2) is 9.97 Å². The van der Waals surface area contributed by atoms with E-state index >= 15 is 0 Å². The van der Waals surface area contributed by atoms with Crippen LogP contribution in [-0.2, 0) is 6.54 Å². The van der Waals surface area contributed by atoms with Crippen LogP contribution in [-0.4, -0.2) is 64.3 Å². The third-order valence-corrected chi connectivity index (χ3v) is 4.58. The second-order valence-corrected chi connectivity index (χ2v) is 6.78. The molecule has 29 heavy (non-hydrogen) atoms. The Hall–Kier alpha value is -1.89. The Kier molecular flexibility index (Phi) is 8.25. The van der Waals surface area contributed by atoms with Gasteiger partial charge in [-0.3, -0.25) is 14.5 Å². The van der Waals surface area contributed by atoms with Gasteiger partial charge in [0.05, 0.1) is 6.54 Å². The minimum atomic E-state index is -4.16. The van der Waals surface area contributed by atoms with Crippen LogP contribution in [0.5, 0.6) is 0 Å². The molecule has 160 valence electrons. The topological polar surface area (TPSA) is 70.4 Å². The van der Waals surface area contributed by atoms with Crippen LogP contribution in [0.25, 0.3) is 5.82 Å². The number of hydrogen-bond acceptors (Lipinski definition) is 4. The van der Waals surface area contributed by atoms with Crippen molar-refractivity contribution in [2.75, 3.05) is 26.7 Å². The van der Waals surface area contributed by atoms with E-state index in [1.807, 2.05) is 29.8 Å². The number of nitrogens with zero attached hydrogens (tertiary/aromatic N) is 5. The third-order valence-electron chi connectivity index (χ3n) is 4.58. The molecule has 0 spiro atoms. The van der Waals surface area contributed by atoms with Gasteiger partial charge in [-0.1, -0.05) is 6.07 Å². The van der Waals surface area contributed by atoms with Gasteiger partial charge in [-0.15, -0.1) is 24.0 Å². The van der Waals surface area contributed by atoms with Crippen molar-refractivity contribution < 1.29 is 13.2 Å². The van der Waals surface area contributed by atoms with Crippen molar-refractivity contribution in [2.45, 2.75) is 32.1 Å². The number of likely N-dealkylation sites (tertiary alicyclic amines) is 1. The van der Waals surface area contributed by atoms with Crippen LogP contribution in [0.4, 0.5) is 13.2 Å². The molecule has 2 aromatic rings. The Morgan fingerprint density at radius 2 is 2.10 bits per heavy atom. The first-order valence-electron chi connectivity index (χ1n) is 9.05. The molecule has 1 aliphatic heterocycles. The van der Waals surface area contributed by atoms with Gasteiger partial charge in [0.25, 0.3) is 0 Å². The Balaban J connectivity index is 0.00000300. The summed E-state index contributed by atoms with van der Waals surface area (Å²) in [5, 5.41) is 6.37. The SMILES string of the molecule is CN=C(NCc1ccc(-n2ccnc2C)nc1)NC1CCN(CC(F)(F)F)C1.I. The lowest BCUT2D eigenvalue weighted by atomic mass is 10.2. The van der Waals surface area contributed by atoms with E-state index in [1.165, 1.54) is 4.90 Å². The van der Waals surface area contributed by atoms with E-state index in [2.05, 4.69) is 25.6 Å². The molecular weight excluding hydrogens is 498 g/mol. The molecule has 0 aromatic carbocycles. The molecule has 2 N–H and O–H groups in total. The number of nitrogens with one attached hydrogen (secondary N) is 2. The predicted octanol–water partition coefficient (Wildman–Crippen LogP) is 2.50. The first-order chi connectivity index (χ1) is 13.3. The van der Waals surface area contributed by atoms with Crippen molar-refractivity contribution in [3.63, 3.8) is 0 Å². The van der Waals surface area contributed by atoms with E-state index in [1.54, 1.807) is 19.4 Å². The van der Waals surface area contributed by atoms with E-state index in [0.717, 1.165) is 17.2 Å². The number of aliphatic imine (C=N–C) groups is 1. The molecule has 1 atom stereocenters. The van der Waals surface area contributed by atoms with Crippen molar-refractivity contribution >= 4 is 29.9 Å². The van der Waals surface area contributed by atoms with E-state index in [4.69, 9.17) is 0 Å². The summed E-state index contributed by atoms with van der Waals surface area (Å²) in [4.78, 5) is 14.2. The second kappa shape index (κ2) is 10.2. The van der Waals surface area contributed by atoms with Gasteiger partial charge in [0, 0.05) is 51.3 Å². The molecule has 1 fully saturated rings. The van der Waals surface area contributed by atoms with Gasteiger partial charge in [0.1, 0.15) is 11.6 Å². The molecule has 0 aliphatic carbocycles. The highest BCUT2D eigenvalue weighted by Gasteiger charge is 2.34. The molecule has 1 unspecified atom stereocenters. The van der Waals surface area contributed by atoms with E-state index in [-0.39, 0.29) is 30.0 Å². The van der Waals surface area contributed by atoms with E-state index < -0.39 is 12.7 Å². The summed E-state index contributed by atoms with van der Waals surface area (Å²) >= 11 is 0. The van der Waals surface area contributed by atoms with Gasteiger partial charge >= 0.3 is 6.18 Å². The number of aromatic nitrogens is 3. The van der Waals surface area contributed by atoms with Crippen LogP contribution >= 0.6 is 24.0 Å². The summed E-state index contributed by atoms with van der Waals surface area (Å²) in [7, 11) is 1.64. The first-order valence-corrected chi connectivity index (χ1v) is 9.05. The number of rotatable bonds is 5. The summed E-state index contributed by atoms with van der Waals surface area (Å²) in [6, 6.07) is 3.81. The summed E-state index contributed by atoms with van der Waals surface area (Å²) in [6.45, 7) is 2.32. The summed E-state index contributed by atoms with van der Waals surface area (Å²) < 4.78 is 39.4. The number of hydrogen-bond donors (Lipinski definition) is 2. The molecule has 0 bridgehead atoms. The molecule has 11 heteroatoms. The Morgan fingerprint density at radius 3 is 2.69 bits per heavy atom. The van der Waals surface area contributed by atoms with Gasteiger partial charge in [-0.2, -0.15) is 13.2 Å². The molecule has 0 amide bonds. The van der Waals surface area contributed by atoms with Crippen LogP contribution in [0, 0.1) is 6.92 Å².